The number of aromatic nitrogens is 1. The van der Waals surface area contributed by atoms with Crippen LogP contribution in [0.4, 0.5) is 14.6 Å². The Balaban J connectivity index is 3.30. The zero-order chi connectivity index (χ0) is 10.0. The maximum Gasteiger partial charge on any atom is 0.265 e. The quantitative estimate of drug-likeness (QED) is 0.756. The molecule has 0 saturated heterocycles. The van der Waals surface area contributed by atoms with Gasteiger partial charge in [0, 0.05) is 17.6 Å². The van der Waals surface area contributed by atoms with Gasteiger partial charge in [0.05, 0.1) is 0 Å². The molecule has 72 valence electrons. The van der Waals surface area contributed by atoms with Gasteiger partial charge < -0.3 is 5.73 Å². The van der Waals surface area contributed by atoms with Crippen LogP contribution in [0.1, 0.15) is 23.1 Å². The summed E-state index contributed by atoms with van der Waals surface area (Å²) in [6.07, 6.45) is -1.48. The van der Waals surface area contributed by atoms with Crippen LogP contribution < -0.4 is 5.73 Å². The molecule has 0 spiro atoms. The van der Waals surface area contributed by atoms with E-state index in [9.17, 15) is 8.78 Å². The number of pyridine rings is 1. The van der Waals surface area contributed by atoms with Crippen LogP contribution in [0.3, 0.4) is 0 Å². The highest BCUT2D eigenvalue weighted by Crippen LogP contribution is 2.27. The van der Waals surface area contributed by atoms with E-state index in [0.29, 0.717) is 11.1 Å². The molecule has 0 aliphatic carbocycles. The van der Waals surface area contributed by atoms with E-state index in [1.54, 1.807) is 6.92 Å². The van der Waals surface area contributed by atoms with Gasteiger partial charge in [0.15, 0.2) is 0 Å². The number of nitrogens with zero attached hydrogens (tertiary/aromatic N) is 1. The number of hydrogen-bond acceptors (Lipinski definition) is 2. The monoisotopic (exact) mass is 206 g/mol. The molecule has 1 aromatic heterocycles. The molecule has 0 atom stereocenters. The molecule has 0 aliphatic rings. The first kappa shape index (κ1) is 10.2. The van der Waals surface area contributed by atoms with E-state index in [-0.39, 0.29) is 17.3 Å². The fourth-order valence-electron chi connectivity index (χ4n) is 1.05. The molecular formula is C8H9ClF2N2. The smallest absolute Gasteiger partial charge is 0.265 e. The van der Waals surface area contributed by atoms with Crippen molar-refractivity contribution in [1.29, 1.82) is 0 Å². The Hall–Kier alpha value is -0.900. The van der Waals surface area contributed by atoms with Crippen molar-refractivity contribution in [3.05, 3.63) is 22.9 Å². The molecule has 0 unspecified atom stereocenters. The van der Waals surface area contributed by atoms with Crippen molar-refractivity contribution in [2.75, 3.05) is 5.73 Å². The number of rotatable bonds is 2. The summed E-state index contributed by atoms with van der Waals surface area (Å²) in [6, 6.07) is 0. The van der Waals surface area contributed by atoms with Crippen molar-refractivity contribution in [3.8, 4) is 0 Å². The second kappa shape index (κ2) is 3.87. The lowest BCUT2D eigenvalue weighted by Gasteiger charge is -2.10. The van der Waals surface area contributed by atoms with Crippen LogP contribution in [0, 0.1) is 6.92 Å². The zero-order valence-corrected chi connectivity index (χ0v) is 7.78. The molecule has 0 aliphatic heterocycles. The highest BCUT2D eigenvalue weighted by atomic mass is 35.5. The van der Waals surface area contributed by atoms with Crippen LogP contribution in [0.15, 0.2) is 6.20 Å². The topological polar surface area (TPSA) is 38.9 Å². The van der Waals surface area contributed by atoms with Gasteiger partial charge in [-0.25, -0.2) is 13.8 Å². The summed E-state index contributed by atoms with van der Waals surface area (Å²) in [7, 11) is 0. The third-order valence-electron chi connectivity index (χ3n) is 1.90. The molecule has 1 aromatic rings. The average molecular weight is 207 g/mol. The summed E-state index contributed by atoms with van der Waals surface area (Å²) >= 11 is 5.54. The van der Waals surface area contributed by atoms with Gasteiger partial charge in [0.2, 0.25) is 0 Å². The van der Waals surface area contributed by atoms with E-state index < -0.39 is 6.43 Å². The van der Waals surface area contributed by atoms with Crippen LogP contribution in [0.5, 0.6) is 0 Å². The molecule has 0 aromatic carbocycles. The van der Waals surface area contributed by atoms with Crippen molar-refractivity contribution in [1.82, 2.24) is 4.98 Å². The third kappa shape index (κ3) is 1.88. The Morgan fingerprint density at radius 3 is 2.69 bits per heavy atom. The van der Waals surface area contributed by atoms with E-state index in [2.05, 4.69) is 4.98 Å². The first-order valence-electron chi connectivity index (χ1n) is 3.66. The fraction of sp³-hybridized carbons (Fsp3) is 0.375. The van der Waals surface area contributed by atoms with Crippen LogP contribution in [0.2, 0.25) is 0 Å². The Kier molecular flexibility index (Phi) is 3.03. The predicted octanol–water partition coefficient (Wildman–Crippen LogP) is 2.65. The molecule has 1 rings (SSSR count). The number of nitrogens with two attached hydrogens (primary N) is 1. The van der Waals surface area contributed by atoms with Crippen molar-refractivity contribution in [2.24, 2.45) is 0 Å². The molecule has 2 N–H and O–H groups in total. The van der Waals surface area contributed by atoms with E-state index in [1.165, 1.54) is 0 Å². The van der Waals surface area contributed by atoms with Crippen molar-refractivity contribution >= 4 is 17.4 Å². The molecular weight excluding hydrogens is 198 g/mol. The van der Waals surface area contributed by atoms with E-state index in [0.717, 1.165) is 6.20 Å². The summed E-state index contributed by atoms with van der Waals surface area (Å²) in [5.74, 6) is 0.276. The molecule has 0 fully saturated rings. The normalized spacial score (nSPS) is 10.8. The van der Waals surface area contributed by atoms with Gasteiger partial charge in [-0.15, -0.1) is 11.6 Å². The van der Waals surface area contributed by atoms with Crippen LogP contribution in [0.25, 0.3) is 0 Å². The van der Waals surface area contributed by atoms with Crippen molar-refractivity contribution < 1.29 is 8.78 Å². The summed E-state index contributed by atoms with van der Waals surface area (Å²) in [6.45, 7) is 1.63. The molecule has 0 radical (unpaired) electrons. The molecule has 0 saturated carbocycles. The summed E-state index contributed by atoms with van der Waals surface area (Å²) in [5.41, 5.74) is 6.23. The minimum Gasteiger partial charge on any atom is -0.383 e. The predicted molar refractivity (Wildman–Crippen MR) is 47.9 cm³/mol. The second-order valence-corrected chi connectivity index (χ2v) is 2.90. The lowest BCUT2D eigenvalue weighted by molar-refractivity contribution is 0.150. The Morgan fingerprint density at radius 1 is 1.62 bits per heavy atom. The number of alkyl halides is 3. The Morgan fingerprint density at radius 2 is 2.23 bits per heavy atom. The second-order valence-electron chi connectivity index (χ2n) is 2.64. The van der Waals surface area contributed by atoms with Crippen LogP contribution in [-0.2, 0) is 5.88 Å². The number of anilines is 1. The number of hydrogen-bond donors (Lipinski definition) is 1. The first-order valence-corrected chi connectivity index (χ1v) is 4.19. The molecule has 13 heavy (non-hydrogen) atoms. The van der Waals surface area contributed by atoms with Gasteiger partial charge in [-0.2, -0.15) is 0 Å². The van der Waals surface area contributed by atoms with Crippen molar-refractivity contribution in [3.63, 3.8) is 0 Å². The van der Waals surface area contributed by atoms with Gasteiger partial charge in [0.25, 0.3) is 6.43 Å². The summed E-state index contributed by atoms with van der Waals surface area (Å²) in [5, 5.41) is 0. The highest BCUT2D eigenvalue weighted by molar-refractivity contribution is 6.17. The molecule has 5 heteroatoms. The number of halogens is 3. The average Bonchev–Trinajstić information content (AvgIpc) is 2.09. The van der Waals surface area contributed by atoms with Gasteiger partial charge >= 0.3 is 0 Å². The summed E-state index contributed by atoms with van der Waals surface area (Å²) < 4.78 is 24.8. The minimum atomic E-state index is -2.56. The standard InChI is InChI=1S/C8H9ClF2N2/c1-4-5(2-9)6(7(10)11)3-13-8(4)12/h3,7H,2H2,1H3,(H2,12,13). The van der Waals surface area contributed by atoms with Gasteiger partial charge in [-0.3, -0.25) is 0 Å². The SMILES string of the molecule is Cc1c(N)ncc(C(F)F)c1CCl. The molecule has 2 nitrogen and oxygen atoms in total. The van der Waals surface area contributed by atoms with E-state index in [1.807, 2.05) is 0 Å². The van der Waals surface area contributed by atoms with Crippen LogP contribution in [-0.4, -0.2) is 4.98 Å². The summed E-state index contributed by atoms with van der Waals surface area (Å²) in [4.78, 5) is 3.65. The Labute approximate surface area is 79.7 Å². The fourth-order valence-corrected chi connectivity index (χ4v) is 1.41. The van der Waals surface area contributed by atoms with Crippen molar-refractivity contribution in [2.45, 2.75) is 19.2 Å². The molecule has 0 bridgehead atoms. The first-order chi connectivity index (χ1) is 6.07. The lowest BCUT2D eigenvalue weighted by Crippen LogP contribution is -2.02. The zero-order valence-electron chi connectivity index (χ0n) is 7.02. The lowest BCUT2D eigenvalue weighted by atomic mass is 10.1. The van der Waals surface area contributed by atoms with Gasteiger partial charge in [0.1, 0.15) is 5.82 Å². The van der Waals surface area contributed by atoms with E-state index in [4.69, 9.17) is 17.3 Å². The molecule has 1 heterocycles. The minimum absolute atomic E-state index is 0.0260. The number of nitrogen functional groups attached to an aromatic ring is 1. The molecule has 0 amide bonds. The van der Waals surface area contributed by atoms with Gasteiger partial charge in [-0.1, -0.05) is 0 Å². The third-order valence-corrected chi connectivity index (χ3v) is 2.16. The maximum absolute atomic E-state index is 12.4. The maximum atomic E-state index is 12.4. The van der Waals surface area contributed by atoms with E-state index >= 15 is 0 Å². The van der Waals surface area contributed by atoms with Crippen LogP contribution >= 0.6 is 11.6 Å². The largest absolute Gasteiger partial charge is 0.383 e. The van der Waals surface area contributed by atoms with Gasteiger partial charge in [-0.05, 0) is 18.1 Å². The highest BCUT2D eigenvalue weighted by Gasteiger charge is 2.16. The Bertz CT molecular complexity index is 315.